The molecule has 1 saturated heterocycles. The molecule has 2 N–H and O–H groups in total. The molecule has 11 heteroatoms. The third-order valence-electron chi connectivity index (χ3n) is 6.86. The third-order valence-corrected chi connectivity index (χ3v) is 8.04. The number of halogens is 1. The number of hydrogen-bond donors (Lipinski definition) is 2. The van der Waals surface area contributed by atoms with Crippen LogP contribution in [0.15, 0.2) is 42.7 Å². The number of aromatic nitrogens is 2. The maximum absolute atomic E-state index is 13.3. The van der Waals surface area contributed by atoms with Crippen molar-refractivity contribution in [3.8, 4) is 11.6 Å². The van der Waals surface area contributed by atoms with E-state index in [0.29, 0.717) is 49.2 Å². The molecule has 37 heavy (non-hydrogen) atoms. The zero-order valence-corrected chi connectivity index (χ0v) is 21.5. The summed E-state index contributed by atoms with van der Waals surface area (Å²) in [6, 6.07) is 7.89. The number of rotatable bonds is 7. The van der Waals surface area contributed by atoms with E-state index in [1.54, 1.807) is 35.2 Å². The van der Waals surface area contributed by atoms with Gasteiger partial charge >= 0.3 is 0 Å². The lowest BCUT2D eigenvalue weighted by molar-refractivity contribution is 0.0362. The van der Waals surface area contributed by atoms with Gasteiger partial charge in [0.05, 0.1) is 30.5 Å². The number of morpholine rings is 1. The molecule has 0 amide bonds. The van der Waals surface area contributed by atoms with E-state index in [9.17, 15) is 23.0 Å². The highest BCUT2D eigenvalue weighted by Gasteiger charge is 2.26. The van der Waals surface area contributed by atoms with Crippen molar-refractivity contribution in [2.75, 3.05) is 50.5 Å². The number of anilines is 1. The fourth-order valence-corrected chi connectivity index (χ4v) is 5.31. The molecule has 0 saturated carbocycles. The molecule has 3 heterocycles. The normalized spacial score (nSPS) is 15.0. The summed E-state index contributed by atoms with van der Waals surface area (Å²) in [4.78, 5) is 6.67. The quantitative estimate of drug-likeness (QED) is 0.380. The van der Waals surface area contributed by atoms with Gasteiger partial charge in [-0.15, -0.1) is 0 Å². The van der Waals surface area contributed by atoms with Crippen molar-refractivity contribution < 1.29 is 27.8 Å². The molecular weight excluding hydrogens is 499 g/mol. The summed E-state index contributed by atoms with van der Waals surface area (Å²) in [7, 11) is -2.25. The highest BCUT2D eigenvalue weighted by Crippen LogP contribution is 2.46. The maximum Gasteiger partial charge on any atom is 0.232 e. The minimum Gasteiger partial charge on any atom is -0.505 e. The fraction of sp³-hybridized carbons (Fsp3) is 0.346. The van der Waals surface area contributed by atoms with E-state index in [2.05, 4.69) is 9.88 Å². The highest BCUT2D eigenvalue weighted by atomic mass is 32.2. The van der Waals surface area contributed by atoms with E-state index in [-0.39, 0.29) is 28.3 Å². The van der Waals surface area contributed by atoms with Crippen LogP contribution in [0.25, 0.3) is 21.7 Å². The highest BCUT2D eigenvalue weighted by molar-refractivity contribution is 7.92. The monoisotopic (exact) mass is 528 g/mol. The molecule has 0 radical (unpaired) electrons. The van der Waals surface area contributed by atoms with Crippen LogP contribution in [0.1, 0.15) is 11.1 Å². The number of pyridine rings is 1. The fourth-order valence-electron chi connectivity index (χ4n) is 4.78. The Labute approximate surface area is 214 Å². The summed E-state index contributed by atoms with van der Waals surface area (Å²) in [5, 5.41) is 23.2. The second kappa shape index (κ2) is 9.81. The van der Waals surface area contributed by atoms with Gasteiger partial charge in [-0.25, -0.2) is 12.8 Å². The van der Waals surface area contributed by atoms with E-state index >= 15 is 0 Å². The first-order valence-electron chi connectivity index (χ1n) is 12.0. The summed E-state index contributed by atoms with van der Waals surface area (Å²) < 4.78 is 46.8. The van der Waals surface area contributed by atoms with Crippen LogP contribution >= 0.6 is 0 Å². The van der Waals surface area contributed by atoms with Crippen LogP contribution in [0.3, 0.4) is 0 Å². The lowest BCUT2D eigenvalue weighted by atomic mass is 10.0. The molecule has 196 valence electrons. The van der Waals surface area contributed by atoms with Crippen LogP contribution in [0.4, 0.5) is 10.1 Å². The number of ether oxygens (including phenoxy) is 1. The SMILES string of the molecule is CN(c1c2cc(Cc3ccc(F)cc3)cnc2c(O)c2c(O)n(CCN3CCOCC3)cc12)S(C)(=O)=O. The molecule has 2 aromatic carbocycles. The largest absolute Gasteiger partial charge is 0.505 e. The average molecular weight is 529 g/mol. The predicted octanol–water partition coefficient (Wildman–Crippen LogP) is 3.06. The third kappa shape index (κ3) is 4.94. The van der Waals surface area contributed by atoms with Crippen molar-refractivity contribution >= 4 is 37.4 Å². The molecular formula is C26H29FN4O5S. The minimum atomic E-state index is -3.69. The Balaban J connectivity index is 1.65. The molecule has 4 aromatic rings. The summed E-state index contributed by atoms with van der Waals surface area (Å²) in [6.45, 7) is 4.00. The van der Waals surface area contributed by atoms with Crippen LogP contribution in [-0.4, -0.2) is 79.2 Å². The summed E-state index contributed by atoms with van der Waals surface area (Å²) in [5.41, 5.74) is 2.12. The summed E-state index contributed by atoms with van der Waals surface area (Å²) in [6.07, 6.45) is 4.81. The van der Waals surface area contributed by atoms with Gasteiger partial charge in [0, 0.05) is 56.4 Å². The standard InChI is InChI=1S/C26H29FN4O5S/c1-29(37(2,34)35)24-20-14-18(13-17-3-5-19(27)6-4-17)15-28-23(20)25(32)22-21(24)16-31(26(22)33)8-7-30-9-11-36-12-10-30/h3-6,14-16,32-33H,7-13H2,1-2H3. The second-order valence-corrected chi connectivity index (χ2v) is 11.4. The first-order chi connectivity index (χ1) is 17.6. The summed E-state index contributed by atoms with van der Waals surface area (Å²) >= 11 is 0. The predicted molar refractivity (Wildman–Crippen MR) is 140 cm³/mol. The number of nitrogens with zero attached hydrogens (tertiary/aromatic N) is 4. The zero-order chi connectivity index (χ0) is 26.3. The lowest BCUT2D eigenvalue weighted by Gasteiger charge is -2.26. The molecule has 2 aromatic heterocycles. The average Bonchev–Trinajstić information content (AvgIpc) is 3.20. The molecule has 1 fully saturated rings. The Bertz CT molecular complexity index is 1560. The van der Waals surface area contributed by atoms with E-state index in [0.717, 1.165) is 34.8 Å². The van der Waals surface area contributed by atoms with Crippen molar-refractivity contribution in [2.24, 2.45) is 0 Å². The smallest absolute Gasteiger partial charge is 0.232 e. The van der Waals surface area contributed by atoms with Gasteiger partial charge in [-0.2, -0.15) is 0 Å². The van der Waals surface area contributed by atoms with Gasteiger partial charge in [-0.05, 0) is 35.7 Å². The zero-order valence-electron chi connectivity index (χ0n) is 20.7. The Morgan fingerprint density at radius 2 is 1.78 bits per heavy atom. The number of phenols is 1. The van der Waals surface area contributed by atoms with Gasteiger partial charge in [0.2, 0.25) is 15.9 Å². The first kappa shape index (κ1) is 25.2. The minimum absolute atomic E-state index is 0.150. The number of sulfonamides is 1. The number of fused-ring (bicyclic) bond motifs is 2. The topological polar surface area (TPSA) is 108 Å². The van der Waals surface area contributed by atoms with E-state index in [1.165, 1.54) is 19.2 Å². The van der Waals surface area contributed by atoms with Gasteiger partial charge in [-0.3, -0.25) is 14.2 Å². The van der Waals surface area contributed by atoms with E-state index < -0.39 is 10.0 Å². The Morgan fingerprint density at radius 1 is 1.08 bits per heavy atom. The molecule has 1 aliphatic rings. The Hall–Kier alpha value is -3.41. The first-order valence-corrected chi connectivity index (χ1v) is 13.8. The number of benzene rings is 2. The lowest BCUT2D eigenvalue weighted by Crippen LogP contribution is -2.38. The number of hydrogen-bond acceptors (Lipinski definition) is 7. The van der Waals surface area contributed by atoms with Crippen molar-refractivity contribution in [2.45, 2.75) is 13.0 Å². The van der Waals surface area contributed by atoms with Gasteiger partial charge in [0.25, 0.3) is 0 Å². The number of phenolic OH excluding ortho intramolecular Hbond substituents is 1. The van der Waals surface area contributed by atoms with Gasteiger partial charge in [0.1, 0.15) is 11.3 Å². The molecule has 9 nitrogen and oxygen atoms in total. The van der Waals surface area contributed by atoms with Crippen LogP contribution in [0.2, 0.25) is 0 Å². The summed E-state index contributed by atoms with van der Waals surface area (Å²) in [5.74, 6) is -0.697. The second-order valence-electron chi connectivity index (χ2n) is 9.36. The molecule has 0 bridgehead atoms. The molecule has 1 aliphatic heterocycles. The van der Waals surface area contributed by atoms with Crippen molar-refractivity contribution in [1.29, 1.82) is 0 Å². The Kier molecular flexibility index (Phi) is 6.69. The van der Waals surface area contributed by atoms with Crippen LogP contribution < -0.4 is 4.31 Å². The molecule has 0 spiro atoms. The molecule has 5 rings (SSSR count). The molecule has 0 atom stereocenters. The van der Waals surface area contributed by atoms with E-state index in [1.807, 2.05) is 0 Å². The van der Waals surface area contributed by atoms with Crippen molar-refractivity contribution in [1.82, 2.24) is 14.5 Å². The van der Waals surface area contributed by atoms with Gasteiger partial charge in [0.15, 0.2) is 5.75 Å². The molecule has 0 unspecified atom stereocenters. The number of aromatic hydroxyl groups is 2. The van der Waals surface area contributed by atoms with Crippen LogP contribution in [0.5, 0.6) is 11.6 Å². The maximum atomic E-state index is 13.3. The molecule has 0 aliphatic carbocycles. The van der Waals surface area contributed by atoms with Crippen LogP contribution in [-0.2, 0) is 27.7 Å². The van der Waals surface area contributed by atoms with Crippen molar-refractivity contribution in [3.05, 3.63) is 59.7 Å². The Morgan fingerprint density at radius 3 is 2.46 bits per heavy atom. The van der Waals surface area contributed by atoms with Gasteiger partial charge in [-0.1, -0.05) is 12.1 Å². The van der Waals surface area contributed by atoms with E-state index in [4.69, 9.17) is 4.74 Å². The van der Waals surface area contributed by atoms with Gasteiger partial charge < -0.3 is 19.5 Å². The van der Waals surface area contributed by atoms with Crippen LogP contribution in [0, 0.1) is 5.82 Å². The van der Waals surface area contributed by atoms with Crippen molar-refractivity contribution in [3.63, 3.8) is 0 Å².